The van der Waals surface area contributed by atoms with E-state index in [1.54, 1.807) is 0 Å². The molecule has 0 unspecified atom stereocenters. The molecule has 6 nitrogen and oxygen atoms in total. The van der Waals surface area contributed by atoms with Crippen LogP contribution in [0.25, 0.3) is 10.9 Å². The lowest BCUT2D eigenvalue weighted by molar-refractivity contribution is 0.634. The number of benzene rings is 1. The van der Waals surface area contributed by atoms with Gasteiger partial charge in [-0.15, -0.1) is 10.2 Å². The lowest BCUT2D eigenvalue weighted by Gasteiger charge is -2.11. The van der Waals surface area contributed by atoms with E-state index in [2.05, 4.69) is 26.7 Å². The van der Waals surface area contributed by atoms with Crippen molar-refractivity contribution >= 4 is 22.3 Å². The third-order valence-corrected chi connectivity index (χ3v) is 3.70. The van der Waals surface area contributed by atoms with E-state index in [0.29, 0.717) is 5.69 Å². The Labute approximate surface area is 128 Å². The Hall–Kier alpha value is -2.94. The summed E-state index contributed by atoms with van der Waals surface area (Å²) in [4.78, 5) is 0. The van der Waals surface area contributed by atoms with Crippen molar-refractivity contribution < 1.29 is 0 Å². The highest BCUT2D eigenvalue weighted by Crippen LogP contribution is 2.30. The van der Waals surface area contributed by atoms with Crippen molar-refractivity contribution in [3.8, 4) is 6.07 Å². The summed E-state index contributed by atoms with van der Waals surface area (Å²) in [6, 6.07) is 9.74. The average molecular weight is 292 g/mol. The number of nitrogens with one attached hydrogen (secondary N) is 1. The van der Waals surface area contributed by atoms with Gasteiger partial charge in [-0.05, 0) is 26.8 Å². The zero-order valence-electron chi connectivity index (χ0n) is 12.8. The largest absolute Gasteiger partial charge is 0.350 e. The Morgan fingerprint density at radius 2 is 1.95 bits per heavy atom. The number of nitrogens with zero attached hydrogens (tertiary/aromatic N) is 5. The molecule has 22 heavy (non-hydrogen) atoms. The molecule has 0 fully saturated rings. The third-order valence-electron chi connectivity index (χ3n) is 3.70. The first-order valence-electron chi connectivity index (χ1n) is 7.12. The number of hydrogen-bond acceptors (Lipinski definition) is 5. The van der Waals surface area contributed by atoms with Gasteiger partial charge in [-0.3, -0.25) is 4.68 Å². The van der Waals surface area contributed by atoms with Crippen molar-refractivity contribution in [1.82, 2.24) is 20.0 Å². The van der Waals surface area contributed by atoms with Gasteiger partial charge >= 0.3 is 0 Å². The van der Waals surface area contributed by atoms with Crippen LogP contribution in [0.1, 0.15) is 24.0 Å². The Kier molecular flexibility index (Phi) is 3.47. The highest BCUT2D eigenvalue weighted by atomic mass is 15.3. The second kappa shape index (κ2) is 5.45. The molecule has 110 valence electrons. The molecule has 3 aromatic rings. The molecular formula is C16H16N6. The highest BCUT2D eigenvalue weighted by Gasteiger charge is 2.15. The lowest BCUT2D eigenvalue weighted by Crippen LogP contribution is -2.02. The van der Waals surface area contributed by atoms with Crippen molar-refractivity contribution in [2.45, 2.75) is 27.3 Å². The standard InChI is InChI=1S/C16H16N6/c1-4-22-11(3)15(10(2)21-22)18-16-12-7-5-6-8-13(12)19-20-14(16)9-17/h5-8H,4H2,1-3H3,(H,18,19). The monoisotopic (exact) mass is 292 g/mol. The summed E-state index contributed by atoms with van der Waals surface area (Å²) < 4.78 is 1.93. The van der Waals surface area contributed by atoms with Gasteiger partial charge in [-0.1, -0.05) is 18.2 Å². The van der Waals surface area contributed by atoms with Gasteiger partial charge in [0.25, 0.3) is 0 Å². The van der Waals surface area contributed by atoms with Crippen LogP contribution in [0.4, 0.5) is 11.4 Å². The molecule has 0 saturated heterocycles. The number of nitriles is 1. The molecule has 0 aliphatic rings. The molecule has 0 aliphatic heterocycles. The van der Waals surface area contributed by atoms with Crippen LogP contribution < -0.4 is 5.32 Å². The minimum absolute atomic E-state index is 0.279. The molecule has 0 radical (unpaired) electrons. The average Bonchev–Trinajstić information content (AvgIpc) is 2.82. The minimum atomic E-state index is 0.279. The summed E-state index contributed by atoms with van der Waals surface area (Å²) in [7, 11) is 0. The SMILES string of the molecule is CCn1nc(C)c(Nc2c(C#N)nnc3ccccc23)c1C. The van der Waals surface area contributed by atoms with Crippen molar-refractivity contribution in [2.24, 2.45) is 0 Å². The predicted molar refractivity (Wildman–Crippen MR) is 84.9 cm³/mol. The van der Waals surface area contributed by atoms with E-state index in [1.807, 2.05) is 49.7 Å². The molecule has 0 saturated carbocycles. The van der Waals surface area contributed by atoms with Crippen LogP contribution in [-0.4, -0.2) is 20.0 Å². The van der Waals surface area contributed by atoms with Gasteiger partial charge in [0.2, 0.25) is 0 Å². The van der Waals surface area contributed by atoms with E-state index in [0.717, 1.165) is 34.5 Å². The number of aromatic nitrogens is 4. The topological polar surface area (TPSA) is 79.4 Å². The zero-order valence-corrected chi connectivity index (χ0v) is 12.8. The maximum atomic E-state index is 9.33. The third kappa shape index (κ3) is 2.17. The number of anilines is 2. The summed E-state index contributed by atoms with van der Waals surface area (Å²) >= 11 is 0. The van der Waals surface area contributed by atoms with Crippen molar-refractivity contribution in [1.29, 1.82) is 5.26 Å². The van der Waals surface area contributed by atoms with Gasteiger partial charge < -0.3 is 5.32 Å². The van der Waals surface area contributed by atoms with Crippen molar-refractivity contribution in [3.63, 3.8) is 0 Å². The second-order valence-corrected chi connectivity index (χ2v) is 5.04. The first kappa shape index (κ1) is 14.0. The van der Waals surface area contributed by atoms with Gasteiger partial charge in [-0.2, -0.15) is 10.4 Å². The number of fused-ring (bicyclic) bond motifs is 1. The first-order valence-corrected chi connectivity index (χ1v) is 7.12. The molecule has 1 aromatic carbocycles. The fourth-order valence-electron chi connectivity index (χ4n) is 2.57. The zero-order chi connectivity index (χ0) is 15.7. The van der Waals surface area contributed by atoms with Gasteiger partial charge in [0, 0.05) is 11.9 Å². The Morgan fingerprint density at radius 1 is 1.18 bits per heavy atom. The fraction of sp³-hybridized carbons (Fsp3) is 0.250. The Balaban J connectivity index is 2.19. The van der Waals surface area contributed by atoms with Crippen molar-refractivity contribution in [3.05, 3.63) is 41.3 Å². The first-order chi connectivity index (χ1) is 10.7. The van der Waals surface area contributed by atoms with E-state index < -0.39 is 0 Å². The fourth-order valence-corrected chi connectivity index (χ4v) is 2.57. The molecule has 2 heterocycles. The van der Waals surface area contributed by atoms with Crippen LogP contribution in [0, 0.1) is 25.2 Å². The number of rotatable bonds is 3. The van der Waals surface area contributed by atoms with Crippen LogP contribution in [0.2, 0.25) is 0 Å². The van der Waals surface area contributed by atoms with E-state index >= 15 is 0 Å². The van der Waals surface area contributed by atoms with Crippen LogP contribution in [0.15, 0.2) is 24.3 Å². The van der Waals surface area contributed by atoms with Crippen LogP contribution in [0.5, 0.6) is 0 Å². The van der Waals surface area contributed by atoms with E-state index in [9.17, 15) is 5.26 Å². The van der Waals surface area contributed by atoms with Crippen LogP contribution in [-0.2, 0) is 6.54 Å². The summed E-state index contributed by atoms with van der Waals surface area (Å²) in [5.41, 5.74) is 4.55. The lowest BCUT2D eigenvalue weighted by atomic mass is 10.1. The normalized spacial score (nSPS) is 10.6. The summed E-state index contributed by atoms with van der Waals surface area (Å²) in [6.07, 6.45) is 0. The molecule has 0 atom stereocenters. The van der Waals surface area contributed by atoms with E-state index in [4.69, 9.17) is 0 Å². The predicted octanol–water partition coefficient (Wildman–Crippen LogP) is 3.08. The van der Waals surface area contributed by atoms with Crippen LogP contribution >= 0.6 is 0 Å². The highest BCUT2D eigenvalue weighted by molar-refractivity contribution is 5.95. The molecule has 1 N–H and O–H groups in total. The summed E-state index contributed by atoms with van der Waals surface area (Å²) in [5, 5.41) is 26.1. The maximum Gasteiger partial charge on any atom is 0.187 e. The Morgan fingerprint density at radius 3 is 2.64 bits per heavy atom. The molecule has 0 aliphatic carbocycles. The van der Waals surface area contributed by atoms with E-state index in [-0.39, 0.29) is 5.69 Å². The van der Waals surface area contributed by atoms with Gasteiger partial charge in [0.15, 0.2) is 5.69 Å². The maximum absolute atomic E-state index is 9.33. The molecule has 0 bridgehead atoms. The quantitative estimate of drug-likeness (QED) is 0.802. The second-order valence-electron chi connectivity index (χ2n) is 5.04. The summed E-state index contributed by atoms with van der Waals surface area (Å²) in [6.45, 7) is 6.81. The van der Waals surface area contributed by atoms with Crippen LogP contribution in [0.3, 0.4) is 0 Å². The van der Waals surface area contributed by atoms with Gasteiger partial charge in [0.05, 0.1) is 28.3 Å². The molecule has 6 heteroatoms. The smallest absolute Gasteiger partial charge is 0.187 e. The molecule has 0 amide bonds. The summed E-state index contributed by atoms with van der Waals surface area (Å²) in [5.74, 6) is 0. The van der Waals surface area contributed by atoms with Gasteiger partial charge in [0.1, 0.15) is 6.07 Å². The number of hydrogen-bond donors (Lipinski definition) is 1. The Bertz CT molecular complexity index is 888. The molecular weight excluding hydrogens is 276 g/mol. The molecule has 3 rings (SSSR count). The van der Waals surface area contributed by atoms with Gasteiger partial charge in [-0.25, -0.2) is 0 Å². The van der Waals surface area contributed by atoms with E-state index in [1.165, 1.54) is 0 Å². The molecule has 2 aromatic heterocycles. The molecule has 0 spiro atoms. The van der Waals surface area contributed by atoms with Crippen molar-refractivity contribution in [2.75, 3.05) is 5.32 Å². The minimum Gasteiger partial charge on any atom is -0.350 e. The number of aryl methyl sites for hydroxylation is 2.